The van der Waals surface area contributed by atoms with Gasteiger partial charge in [0.15, 0.2) is 6.10 Å². The van der Waals surface area contributed by atoms with Crippen LogP contribution in [0.15, 0.2) is 48.6 Å². The van der Waals surface area contributed by atoms with Gasteiger partial charge in [0.2, 0.25) is 12.0 Å². The quantitative estimate of drug-likeness (QED) is 0.154. The highest BCUT2D eigenvalue weighted by atomic mass is 16.6. The minimum atomic E-state index is -2.52. The summed E-state index contributed by atoms with van der Waals surface area (Å²) in [6.45, 7) is 7.68. The molecule has 3 saturated heterocycles. The highest BCUT2D eigenvalue weighted by molar-refractivity contribution is 5.95. The van der Waals surface area contributed by atoms with Crippen molar-refractivity contribution in [2.75, 3.05) is 57.7 Å². The molecule has 2 saturated carbocycles. The number of esters is 3. The highest BCUT2D eigenvalue weighted by Gasteiger charge is 2.81. The Bertz CT molecular complexity index is 2230. The summed E-state index contributed by atoms with van der Waals surface area (Å²) >= 11 is 0. The van der Waals surface area contributed by atoms with Crippen LogP contribution in [0.1, 0.15) is 76.0 Å². The number of carbonyl (C=O) groups is 4. The van der Waals surface area contributed by atoms with Crippen LogP contribution >= 0.6 is 0 Å². The molecule has 6 heterocycles. The monoisotopic (exact) mass is 824 g/mol. The molecule has 2 aliphatic carbocycles. The van der Waals surface area contributed by atoms with Gasteiger partial charge in [-0.05, 0) is 80.8 Å². The SMILES string of the molecule is CC[C@]1(O)C[C@H]2C[C@](C(=O)OC)(c3cc4c(cc3OC)N(C=O)[C@H]3[C@@](O)(C(=O)OC)[C@H](OC(C)=O)[C@]5(CC)C=CCN6CC[C@]43[C@@H]65)[C@@H]3Nc4ccccc4[C@@]34CCN(C1)[C@@H]24. The maximum Gasteiger partial charge on any atom is 0.344 e. The van der Waals surface area contributed by atoms with Crippen molar-refractivity contribution >= 4 is 35.7 Å². The molecular weight excluding hydrogens is 769 g/mol. The van der Waals surface area contributed by atoms with E-state index in [9.17, 15) is 24.6 Å². The maximum absolute atomic E-state index is 15.4. The number of aliphatic hydroxyl groups is 2. The molecule has 2 aromatic carbocycles. The number of amides is 1. The largest absolute Gasteiger partial charge is 0.496 e. The van der Waals surface area contributed by atoms with Gasteiger partial charge in [-0.2, -0.15) is 0 Å². The van der Waals surface area contributed by atoms with Crippen LogP contribution in [0.5, 0.6) is 5.75 Å². The Morgan fingerprint density at radius 1 is 0.900 bits per heavy atom. The number of ether oxygens (including phenoxy) is 4. The Hall–Kier alpha value is -4.50. The van der Waals surface area contributed by atoms with E-state index in [-0.39, 0.29) is 12.0 Å². The van der Waals surface area contributed by atoms with E-state index < -0.39 is 75.0 Å². The molecule has 0 radical (unpaired) electrons. The third-order valence-corrected chi connectivity index (χ3v) is 17.0. The zero-order valence-electron chi connectivity index (χ0n) is 35.2. The first-order valence-electron chi connectivity index (χ1n) is 21.5. The van der Waals surface area contributed by atoms with Crippen LogP contribution in [-0.4, -0.2) is 133 Å². The van der Waals surface area contributed by atoms with E-state index >= 15 is 4.79 Å². The fourth-order valence-corrected chi connectivity index (χ4v) is 15.2. The highest BCUT2D eigenvalue weighted by Crippen LogP contribution is 2.70. The van der Waals surface area contributed by atoms with Crippen LogP contribution in [0, 0.1) is 11.3 Å². The number of fused-ring (bicyclic) bond motifs is 2. The summed E-state index contributed by atoms with van der Waals surface area (Å²) in [5, 5.41) is 29.3. The van der Waals surface area contributed by atoms with Gasteiger partial charge in [0.05, 0.1) is 44.7 Å². The second-order valence-electron chi connectivity index (χ2n) is 18.9. The van der Waals surface area contributed by atoms with Crippen LogP contribution in [0.2, 0.25) is 0 Å². The summed E-state index contributed by atoms with van der Waals surface area (Å²) in [7, 11) is 4.15. The van der Waals surface area contributed by atoms with Gasteiger partial charge < -0.3 is 39.4 Å². The van der Waals surface area contributed by atoms with Crippen LogP contribution in [0.25, 0.3) is 0 Å². The summed E-state index contributed by atoms with van der Waals surface area (Å²) < 4.78 is 23.8. The number of nitrogens with zero attached hydrogens (tertiary/aromatic N) is 3. The normalized spacial score (nSPS) is 41.5. The number of hydrogen-bond donors (Lipinski definition) is 3. The molecule has 320 valence electrons. The molecule has 0 bridgehead atoms. The van der Waals surface area contributed by atoms with E-state index in [0.717, 1.165) is 24.2 Å². The topological polar surface area (TPSA) is 167 Å². The number of piperidine rings is 1. The van der Waals surface area contributed by atoms with Gasteiger partial charge in [-0.1, -0.05) is 44.2 Å². The molecule has 1 amide bonds. The van der Waals surface area contributed by atoms with E-state index in [1.54, 1.807) is 13.2 Å². The van der Waals surface area contributed by atoms with Gasteiger partial charge >= 0.3 is 17.9 Å². The molecule has 2 spiro atoms. The number of hydrogen-bond acceptors (Lipinski definition) is 13. The predicted molar refractivity (Wildman–Crippen MR) is 219 cm³/mol. The third-order valence-electron chi connectivity index (χ3n) is 17.0. The van der Waals surface area contributed by atoms with Crippen molar-refractivity contribution in [1.29, 1.82) is 0 Å². The van der Waals surface area contributed by atoms with Gasteiger partial charge in [-0.25, -0.2) is 4.79 Å². The Morgan fingerprint density at radius 2 is 1.63 bits per heavy atom. The van der Waals surface area contributed by atoms with Crippen molar-refractivity contribution in [3.63, 3.8) is 0 Å². The smallest absolute Gasteiger partial charge is 0.344 e. The van der Waals surface area contributed by atoms with Crippen LogP contribution < -0.4 is 15.0 Å². The average Bonchev–Trinajstić information content (AvgIpc) is 4.01. The lowest BCUT2D eigenvalue weighted by Gasteiger charge is -2.63. The molecule has 14 heteroatoms. The fourth-order valence-electron chi connectivity index (χ4n) is 15.2. The molecule has 0 aromatic heterocycles. The summed E-state index contributed by atoms with van der Waals surface area (Å²) in [4.78, 5) is 62.7. The van der Waals surface area contributed by atoms with E-state index in [4.69, 9.17) is 18.9 Å². The molecule has 8 aliphatic rings. The van der Waals surface area contributed by atoms with Crippen LogP contribution in [0.4, 0.5) is 11.4 Å². The van der Waals surface area contributed by atoms with Gasteiger partial charge in [-0.15, -0.1) is 0 Å². The second-order valence-corrected chi connectivity index (χ2v) is 18.9. The molecule has 60 heavy (non-hydrogen) atoms. The number of carbonyl (C=O) groups excluding carboxylic acids is 4. The van der Waals surface area contributed by atoms with Gasteiger partial charge in [-0.3, -0.25) is 24.2 Å². The molecular formula is C46H56N4O10. The van der Waals surface area contributed by atoms with E-state index in [2.05, 4.69) is 33.3 Å². The second kappa shape index (κ2) is 13.0. The Balaban J connectivity index is 1.27. The lowest BCUT2D eigenvalue weighted by molar-refractivity contribution is -0.228. The van der Waals surface area contributed by atoms with Crippen molar-refractivity contribution < 1.29 is 48.3 Å². The number of rotatable bonds is 8. The van der Waals surface area contributed by atoms with E-state index in [1.807, 2.05) is 38.1 Å². The first kappa shape index (κ1) is 39.6. The summed E-state index contributed by atoms with van der Waals surface area (Å²) in [6, 6.07) is 9.93. The van der Waals surface area contributed by atoms with Crippen molar-refractivity contribution in [2.45, 2.75) is 117 Å². The molecule has 14 nitrogen and oxygen atoms in total. The predicted octanol–water partition coefficient (Wildman–Crippen LogP) is 2.95. The molecule has 5 fully saturated rings. The fraction of sp³-hybridized carbons (Fsp3) is 0.609. The summed E-state index contributed by atoms with van der Waals surface area (Å²) in [5.41, 5.74) is -3.78. The zero-order chi connectivity index (χ0) is 42.4. The standard InChI is InChI=1S/C46H56N4O10/c1-7-41(55)22-27-23-45(39(53)58-5,35-43(15-19-49(24-41)34(27)43)28-12-9-10-13-31(28)47-35)30-20-29-32(21-33(30)57-4)50(25-51)37-44(29)16-18-48-17-11-14-42(8-2,36(44)48)38(60-26(3)52)46(37,56)40(54)59-6/h9-14,20-21,25,27,34-38,47,55-56H,7-8,15-19,22-24H2,1-6H3/t27-,34-,35+,36-,37+,38+,41-,42+,43+,44+,45-,46-/m0/s1. The number of benzene rings is 2. The summed E-state index contributed by atoms with van der Waals surface area (Å²) in [6.07, 6.45) is 6.19. The Labute approximate surface area is 350 Å². The number of para-hydroxylation sites is 1. The Kier molecular flexibility index (Phi) is 8.59. The van der Waals surface area contributed by atoms with Gasteiger partial charge in [0, 0.05) is 65.7 Å². The molecule has 0 unspecified atom stereocenters. The molecule has 2 aromatic rings. The number of anilines is 2. The van der Waals surface area contributed by atoms with Crippen LogP contribution in [0.3, 0.4) is 0 Å². The summed E-state index contributed by atoms with van der Waals surface area (Å²) in [5.74, 6) is -1.90. The minimum absolute atomic E-state index is 0.0476. The third kappa shape index (κ3) is 4.43. The maximum atomic E-state index is 15.4. The molecule has 3 N–H and O–H groups in total. The van der Waals surface area contributed by atoms with Crippen molar-refractivity contribution in [3.05, 3.63) is 65.2 Å². The first-order chi connectivity index (χ1) is 28.8. The molecule has 12 atom stereocenters. The minimum Gasteiger partial charge on any atom is -0.496 e. The van der Waals surface area contributed by atoms with Gasteiger partial charge in [0.1, 0.15) is 11.2 Å². The number of methoxy groups -OCH3 is 3. The van der Waals surface area contributed by atoms with Crippen LogP contribution in [-0.2, 0) is 49.6 Å². The molecule has 10 rings (SSSR count). The van der Waals surface area contributed by atoms with Gasteiger partial charge in [0.25, 0.3) is 0 Å². The lowest BCUT2D eigenvalue weighted by Crippen LogP contribution is -2.81. The number of nitrogens with one attached hydrogen (secondary N) is 1. The Morgan fingerprint density at radius 3 is 2.32 bits per heavy atom. The van der Waals surface area contributed by atoms with Crippen molar-refractivity contribution in [3.8, 4) is 5.75 Å². The van der Waals surface area contributed by atoms with E-state index in [0.29, 0.717) is 80.7 Å². The van der Waals surface area contributed by atoms with Crippen molar-refractivity contribution in [1.82, 2.24) is 9.80 Å². The molecule has 6 aliphatic heterocycles. The van der Waals surface area contributed by atoms with E-state index in [1.165, 1.54) is 26.0 Å². The lowest BCUT2D eigenvalue weighted by atomic mass is 9.47. The van der Waals surface area contributed by atoms with Crippen molar-refractivity contribution in [2.24, 2.45) is 11.3 Å². The average molecular weight is 825 g/mol. The first-order valence-corrected chi connectivity index (χ1v) is 21.5. The zero-order valence-corrected chi connectivity index (χ0v) is 35.2.